The zero-order chi connectivity index (χ0) is 12.5. The summed E-state index contributed by atoms with van der Waals surface area (Å²) in [4.78, 5) is 27.3. The molecule has 0 radical (unpaired) electrons. The normalized spacial score (nSPS) is 18.0. The van der Waals surface area contributed by atoms with Crippen LogP contribution in [0.2, 0.25) is 0 Å². The summed E-state index contributed by atoms with van der Waals surface area (Å²) in [5.74, 6) is -0.498. The molecule has 0 saturated heterocycles. The molecule has 0 bridgehead atoms. The van der Waals surface area contributed by atoms with E-state index in [-0.39, 0.29) is 5.78 Å². The highest BCUT2D eigenvalue weighted by atomic mass is 32.1. The number of aromatic nitrogens is 1. The van der Waals surface area contributed by atoms with Crippen molar-refractivity contribution in [2.45, 2.75) is 38.2 Å². The van der Waals surface area contributed by atoms with E-state index in [1.807, 2.05) is 0 Å². The van der Waals surface area contributed by atoms with Crippen LogP contribution in [0.3, 0.4) is 0 Å². The average Bonchev–Trinajstić information content (AvgIpc) is 2.88. The molecule has 1 aromatic rings. The van der Waals surface area contributed by atoms with Crippen molar-refractivity contribution in [3.05, 3.63) is 11.1 Å². The summed E-state index contributed by atoms with van der Waals surface area (Å²) < 4.78 is 0. The molecular formula is C11H14N2O3S. The molecule has 0 spiro atoms. The largest absolute Gasteiger partial charge is 0.380 e. The first-order valence-corrected chi connectivity index (χ1v) is 6.33. The van der Waals surface area contributed by atoms with E-state index in [0.717, 1.165) is 24.2 Å². The van der Waals surface area contributed by atoms with Gasteiger partial charge in [0, 0.05) is 6.92 Å². The third-order valence-corrected chi connectivity index (χ3v) is 3.94. The molecule has 92 valence electrons. The number of rotatable bonds is 3. The van der Waals surface area contributed by atoms with Gasteiger partial charge in [0.1, 0.15) is 5.60 Å². The van der Waals surface area contributed by atoms with E-state index in [4.69, 9.17) is 0 Å². The van der Waals surface area contributed by atoms with Crippen molar-refractivity contribution in [2.24, 2.45) is 0 Å². The Hall–Kier alpha value is -1.27. The van der Waals surface area contributed by atoms with E-state index in [1.54, 1.807) is 0 Å². The number of carbonyl (C=O) groups is 2. The predicted molar refractivity (Wildman–Crippen MR) is 64.2 cm³/mol. The van der Waals surface area contributed by atoms with Crippen molar-refractivity contribution < 1.29 is 14.7 Å². The van der Waals surface area contributed by atoms with Crippen LogP contribution < -0.4 is 5.32 Å². The Kier molecular flexibility index (Phi) is 3.26. The summed E-state index contributed by atoms with van der Waals surface area (Å²) in [6.07, 6.45) is 4.13. The summed E-state index contributed by atoms with van der Waals surface area (Å²) in [6.45, 7) is 1.45. The van der Waals surface area contributed by atoms with Crippen LogP contribution in [-0.2, 0) is 4.79 Å². The number of anilines is 1. The molecule has 1 fully saturated rings. The highest BCUT2D eigenvalue weighted by molar-refractivity contribution is 7.17. The Morgan fingerprint density at radius 2 is 2.12 bits per heavy atom. The zero-order valence-corrected chi connectivity index (χ0v) is 10.3. The van der Waals surface area contributed by atoms with Gasteiger partial charge in [-0.3, -0.25) is 14.9 Å². The molecule has 17 heavy (non-hydrogen) atoms. The van der Waals surface area contributed by atoms with Crippen LogP contribution in [0.4, 0.5) is 5.13 Å². The number of nitrogens with zero attached hydrogens (tertiary/aromatic N) is 1. The summed E-state index contributed by atoms with van der Waals surface area (Å²) in [5, 5.41) is 13.0. The molecule has 1 aromatic heterocycles. The van der Waals surface area contributed by atoms with Gasteiger partial charge in [-0.1, -0.05) is 11.3 Å². The fraction of sp³-hybridized carbons (Fsp3) is 0.545. The SMILES string of the molecule is CC(=O)c1cnc(NC(=O)C2(O)CCCC2)s1. The first kappa shape index (κ1) is 12.2. The minimum absolute atomic E-state index is 0.0809. The maximum absolute atomic E-state index is 11.8. The first-order chi connectivity index (χ1) is 8.01. The molecule has 1 aliphatic carbocycles. The molecule has 1 heterocycles. The molecule has 1 aliphatic rings. The van der Waals surface area contributed by atoms with Crippen LogP contribution in [0.15, 0.2) is 6.20 Å². The van der Waals surface area contributed by atoms with Gasteiger partial charge in [-0.25, -0.2) is 4.98 Å². The molecule has 2 rings (SSSR count). The number of amides is 1. The third-order valence-electron chi connectivity index (χ3n) is 2.93. The second-order valence-corrected chi connectivity index (χ2v) is 5.31. The number of nitrogens with one attached hydrogen (secondary N) is 1. The number of hydrogen-bond acceptors (Lipinski definition) is 5. The van der Waals surface area contributed by atoms with Crippen LogP contribution in [0, 0.1) is 0 Å². The van der Waals surface area contributed by atoms with Crippen molar-refractivity contribution >= 4 is 28.2 Å². The van der Waals surface area contributed by atoms with E-state index in [9.17, 15) is 14.7 Å². The van der Waals surface area contributed by atoms with E-state index >= 15 is 0 Å². The van der Waals surface area contributed by atoms with Crippen LogP contribution in [0.25, 0.3) is 0 Å². The van der Waals surface area contributed by atoms with Crippen LogP contribution in [-0.4, -0.2) is 27.4 Å². The minimum Gasteiger partial charge on any atom is -0.380 e. The molecule has 1 amide bonds. The Balaban J connectivity index is 2.05. The van der Waals surface area contributed by atoms with Gasteiger partial charge in [-0.05, 0) is 25.7 Å². The van der Waals surface area contributed by atoms with Crippen LogP contribution in [0.5, 0.6) is 0 Å². The predicted octanol–water partition coefficient (Wildman–Crippen LogP) is 1.59. The summed E-state index contributed by atoms with van der Waals surface area (Å²) in [6, 6.07) is 0. The molecule has 0 atom stereocenters. The fourth-order valence-electron chi connectivity index (χ4n) is 1.90. The second kappa shape index (κ2) is 4.54. The smallest absolute Gasteiger partial charge is 0.258 e. The maximum atomic E-state index is 11.8. The lowest BCUT2D eigenvalue weighted by Crippen LogP contribution is -2.40. The van der Waals surface area contributed by atoms with Gasteiger partial charge in [-0.15, -0.1) is 0 Å². The van der Waals surface area contributed by atoms with Crippen LogP contribution >= 0.6 is 11.3 Å². The van der Waals surface area contributed by atoms with Crippen molar-refractivity contribution in [3.8, 4) is 0 Å². The monoisotopic (exact) mass is 254 g/mol. The van der Waals surface area contributed by atoms with E-state index in [1.165, 1.54) is 13.1 Å². The quantitative estimate of drug-likeness (QED) is 0.803. The second-order valence-electron chi connectivity index (χ2n) is 4.28. The minimum atomic E-state index is -1.26. The van der Waals surface area contributed by atoms with E-state index in [2.05, 4.69) is 10.3 Å². The van der Waals surface area contributed by atoms with Gasteiger partial charge >= 0.3 is 0 Å². The number of aliphatic hydroxyl groups is 1. The number of hydrogen-bond donors (Lipinski definition) is 2. The van der Waals surface area contributed by atoms with Gasteiger partial charge in [0.05, 0.1) is 11.1 Å². The number of ketones is 1. The molecule has 6 heteroatoms. The molecule has 2 N–H and O–H groups in total. The van der Waals surface area contributed by atoms with E-state index < -0.39 is 11.5 Å². The molecule has 0 unspecified atom stereocenters. The number of carbonyl (C=O) groups excluding carboxylic acids is 2. The van der Waals surface area contributed by atoms with E-state index in [0.29, 0.717) is 22.9 Å². The standard InChI is InChI=1S/C11H14N2O3S/c1-7(14)8-6-12-10(17-8)13-9(15)11(16)4-2-3-5-11/h6,16H,2-5H2,1H3,(H,12,13,15). The lowest BCUT2D eigenvalue weighted by atomic mass is 10.0. The molecule has 0 aromatic carbocycles. The van der Waals surface area contributed by atoms with Gasteiger partial charge in [0.2, 0.25) is 0 Å². The third kappa shape index (κ3) is 2.53. The fourth-order valence-corrected chi connectivity index (χ4v) is 2.60. The highest BCUT2D eigenvalue weighted by Gasteiger charge is 2.39. The Labute approximate surface area is 103 Å². The van der Waals surface area contributed by atoms with Gasteiger partial charge in [0.15, 0.2) is 10.9 Å². The molecular weight excluding hydrogens is 240 g/mol. The zero-order valence-electron chi connectivity index (χ0n) is 9.52. The topological polar surface area (TPSA) is 79.3 Å². The molecule has 0 aliphatic heterocycles. The van der Waals surface area contributed by atoms with Crippen molar-refractivity contribution in [1.82, 2.24) is 4.98 Å². The van der Waals surface area contributed by atoms with Crippen molar-refractivity contribution in [1.29, 1.82) is 0 Å². The maximum Gasteiger partial charge on any atom is 0.258 e. The molecule has 5 nitrogen and oxygen atoms in total. The summed E-state index contributed by atoms with van der Waals surface area (Å²) >= 11 is 1.12. The Morgan fingerprint density at radius 3 is 2.65 bits per heavy atom. The van der Waals surface area contributed by atoms with Gasteiger partial charge < -0.3 is 5.11 Å². The summed E-state index contributed by atoms with van der Waals surface area (Å²) in [7, 11) is 0. The summed E-state index contributed by atoms with van der Waals surface area (Å²) in [5.41, 5.74) is -1.26. The highest BCUT2D eigenvalue weighted by Crippen LogP contribution is 2.31. The lowest BCUT2D eigenvalue weighted by molar-refractivity contribution is -0.133. The lowest BCUT2D eigenvalue weighted by Gasteiger charge is -2.19. The number of thiazole rings is 1. The van der Waals surface area contributed by atoms with Gasteiger partial charge in [-0.2, -0.15) is 0 Å². The van der Waals surface area contributed by atoms with Crippen LogP contribution in [0.1, 0.15) is 42.3 Å². The van der Waals surface area contributed by atoms with Crippen molar-refractivity contribution in [2.75, 3.05) is 5.32 Å². The average molecular weight is 254 g/mol. The van der Waals surface area contributed by atoms with Crippen molar-refractivity contribution in [3.63, 3.8) is 0 Å². The Bertz CT molecular complexity index is 449. The first-order valence-electron chi connectivity index (χ1n) is 5.52. The number of Topliss-reactive ketones (excluding diaryl/α,β-unsaturated/α-hetero) is 1. The molecule has 1 saturated carbocycles. The van der Waals surface area contributed by atoms with Gasteiger partial charge in [0.25, 0.3) is 5.91 Å². The Morgan fingerprint density at radius 1 is 1.47 bits per heavy atom.